The molecule has 22 heavy (non-hydrogen) atoms. The van der Waals surface area contributed by atoms with Crippen LogP contribution in [0.15, 0.2) is 30.6 Å². The van der Waals surface area contributed by atoms with Crippen LogP contribution in [0.3, 0.4) is 0 Å². The third kappa shape index (κ3) is 3.06. The second kappa shape index (κ2) is 5.71. The highest BCUT2D eigenvalue weighted by atomic mass is 16.7. The van der Waals surface area contributed by atoms with Crippen molar-refractivity contribution in [2.24, 2.45) is 0 Å². The third-order valence-corrected chi connectivity index (χ3v) is 4.76. The summed E-state index contributed by atoms with van der Waals surface area (Å²) in [4.78, 5) is 4.28. The van der Waals surface area contributed by atoms with Crippen LogP contribution in [0.1, 0.15) is 47.0 Å². The van der Waals surface area contributed by atoms with Gasteiger partial charge >= 0.3 is 7.12 Å². The van der Waals surface area contributed by atoms with Crippen LogP contribution in [0.2, 0.25) is 0 Å². The predicted octanol–water partition coefficient (Wildman–Crippen LogP) is 2.87. The molecule has 1 aromatic rings. The van der Waals surface area contributed by atoms with Crippen molar-refractivity contribution in [2.75, 3.05) is 0 Å². The predicted molar refractivity (Wildman–Crippen MR) is 87.4 cm³/mol. The Bertz CT molecular complexity index is 555. The van der Waals surface area contributed by atoms with Crippen LogP contribution in [0.4, 0.5) is 0 Å². The topological polar surface area (TPSA) is 40.6 Å². The SMILES string of the molecule is CC1(C)OB(c2cncc(OC3C=CCCC3)c2)OC1(C)C. The second-order valence-electron chi connectivity index (χ2n) is 7.06. The van der Waals surface area contributed by atoms with Gasteiger partial charge in [0.1, 0.15) is 11.9 Å². The molecule has 2 aliphatic rings. The van der Waals surface area contributed by atoms with Crippen LogP contribution >= 0.6 is 0 Å². The van der Waals surface area contributed by atoms with Crippen LogP contribution in [0.25, 0.3) is 0 Å². The lowest BCUT2D eigenvalue weighted by Crippen LogP contribution is -2.41. The van der Waals surface area contributed by atoms with Crippen molar-refractivity contribution in [3.63, 3.8) is 0 Å². The van der Waals surface area contributed by atoms with Gasteiger partial charge in [0.2, 0.25) is 0 Å². The molecule has 0 aromatic carbocycles. The smallest absolute Gasteiger partial charge is 0.485 e. The number of rotatable bonds is 3. The van der Waals surface area contributed by atoms with Crippen LogP contribution < -0.4 is 10.2 Å². The molecule has 0 radical (unpaired) electrons. The van der Waals surface area contributed by atoms with Crippen LogP contribution in [0, 0.1) is 0 Å². The van der Waals surface area contributed by atoms with Gasteiger partial charge in [-0.15, -0.1) is 0 Å². The molecular formula is C17H24BNO3. The van der Waals surface area contributed by atoms with Gasteiger partial charge in [-0.2, -0.15) is 0 Å². The minimum Gasteiger partial charge on any atom is -0.485 e. The monoisotopic (exact) mass is 301 g/mol. The molecule has 1 aromatic heterocycles. The molecule has 0 bridgehead atoms. The van der Waals surface area contributed by atoms with E-state index in [4.69, 9.17) is 14.0 Å². The molecule has 3 rings (SSSR count). The Kier molecular flexibility index (Phi) is 4.04. The van der Waals surface area contributed by atoms with E-state index in [0.717, 1.165) is 24.1 Å². The van der Waals surface area contributed by atoms with Crippen molar-refractivity contribution in [2.45, 2.75) is 64.3 Å². The molecule has 1 atom stereocenters. The summed E-state index contributed by atoms with van der Waals surface area (Å²) < 4.78 is 18.1. The minimum absolute atomic E-state index is 0.143. The summed E-state index contributed by atoms with van der Waals surface area (Å²) >= 11 is 0. The lowest BCUT2D eigenvalue weighted by molar-refractivity contribution is 0.00578. The molecule has 0 amide bonds. The largest absolute Gasteiger partial charge is 0.496 e. The first-order valence-electron chi connectivity index (χ1n) is 8.01. The lowest BCUT2D eigenvalue weighted by Gasteiger charge is -2.32. The minimum atomic E-state index is -0.400. The van der Waals surface area contributed by atoms with E-state index in [1.807, 2.05) is 33.8 Å². The molecule has 1 aliphatic heterocycles. The van der Waals surface area contributed by atoms with E-state index in [1.165, 1.54) is 6.42 Å². The summed E-state index contributed by atoms with van der Waals surface area (Å²) in [5, 5.41) is 0. The van der Waals surface area contributed by atoms with E-state index >= 15 is 0 Å². The molecule has 5 heteroatoms. The fourth-order valence-electron chi connectivity index (χ4n) is 2.66. The fourth-order valence-corrected chi connectivity index (χ4v) is 2.66. The number of ether oxygens (including phenoxy) is 1. The molecule has 2 heterocycles. The fraction of sp³-hybridized carbons (Fsp3) is 0.588. The first-order valence-corrected chi connectivity index (χ1v) is 8.01. The summed E-state index contributed by atoms with van der Waals surface area (Å²) in [6.07, 6.45) is 11.4. The maximum Gasteiger partial charge on any atom is 0.496 e. The molecule has 1 saturated heterocycles. The van der Waals surface area contributed by atoms with Gasteiger partial charge in [-0.3, -0.25) is 4.98 Å². The van der Waals surface area contributed by atoms with E-state index in [1.54, 1.807) is 12.4 Å². The van der Waals surface area contributed by atoms with Crippen molar-refractivity contribution in [1.29, 1.82) is 0 Å². The van der Waals surface area contributed by atoms with Gasteiger partial charge in [0.15, 0.2) is 0 Å². The average Bonchev–Trinajstić information content (AvgIpc) is 2.69. The van der Waals surface area contributed by atoms with Crippen molar-refractivity contribution in [1.82, 2.24) is 4.98 Å². The Morgan fingerprint density at radius 3 is 2.55 bits per heavy atom. The highest BCUT2D eigenvalue weighted by Gasteiger charge is 2.51. The van der Waals surface area contributed by atoms with Crippen molar-refractivity contribution >= 4 is 12.6 Å². The Hall–Kier alpha value is -1.33. The Labute approximate surface area is 133 Å². The van der Waals surface area contributed by atoms with Gasteiger partial charge in [0, 0.05) is 11.7 Å². The summed E-state index contributed by atoms with van der Waals surface area (Å²) in [6.45, 7) is 8.20. The molecule has 4 nitrogen and oxygen atoms in total. The van der Waals surface area contributed by atoms with Gasteiger partial charge in [-0.05, 0) is 59.1 Å². The zero-order valence-electron chi connectivity index (χ0n) is 13.8. The summed E-state index contributed by atoms with van der Waals surface area (Å²) in [6, 6.07) is 1.97. The van der Waals surface area contributed by atoms with Crippen LogP contribution in [-0.4, -0.2) is 29.4 Å². The van der Waals surface area contributed by atoms with E-state index in [0.29, 0.717) is 0 Å². The summed E-state index contributed by atoms with van der Waals surface area (Å²) in [5.74, 6) is 0.767. The number of hydrogen-bond donors (Lipinski definition) is 0. The molecular weight excluding hydrogens is 277 g/mol. The molecule has 0 saturated carbocycles. The summed E-state index contributed by atoms with van der Waals surface area (Å²) in [5.41, 5.74) is 0.206. The van der Waals surface area contributed by atoms with Crippen LogP contribution in [0.5, 0.6) is 5.75 Å². The highest BCUT2D eigenvalue weighted by molar-refractivity contribution is 6.62. The maximum atomic E-state index is 6.06. The normalized spacial score (nSPS) is 26.2. The second-order valence-corrected chi connectivity index (χ2v) is 7.06. The number of allylic oxidation sites excluding steroid dienone is 1. The zero-order valence-corrected chi connectivity index (χ0v) is 13.8. The molecule has 1 fully saturated rings. The number of nitrogens with zero attached hydrogens (tertiary/aromatic N) is 1. The molecule has 0 spiro atoms. The van der Waals surface area contributed by atoms with Crippen molar-refractivity contribution < 1.29 is 14.0 Å². The van der Waals surface area contributed by atoms with Gasteiger partial charge in [-0.1, -0.05) is 6.08 Å². The average molecular weight is 301 g/mol. The first-order chi connectivity index (χ1) is 10.4. The van der Waals surface area contributed by atoms with E-state index in [2.05, 4.69) is 17.1 Å². The van der Waals surface area contributed by atoms with Crippen LogP contribution in [-0.2, 0) is 9.31 Å². The van der Waals surface area contributed by atoms with Gasteiger partial charge in [-0.25, -0.2) is 0 Å². The van der Waals surface area contributed by atoms with E-state index in [-0.39, 0.29) is 17.3 Å². The molecule has 0 N–H and O–H groups in total. The summed E-state index contributed by atoms with van der Waals surface area (Å²) in [7, 11) is -0.400. The van der Waals surface area contributed by atoms with E-state index in [9.17, 15) is 0 Å². The Morgan fingerprint density at radius 1 is 1.18 bits per heavy atom. The zero-order chi connectivity index (χ0) is 15.8. The first kappa shape index (κ1) is 15.6. The lowest BCUT2D eigenvalue weighted by atomic mass is 9.80. The molecule has 118 valence electrons. The Morgan fingerprint density at radius 2 is 1.91 bits per heavy atom. The third-order valence-electron chi connectivity index (χ3n) is 4.76. The molecule has 1 aliphatic carbocycles. The molecule has 1 unspecified atom stereocenters. The number of aromatic nitrogens is 1. The number of hydrogen-bond acceptors (Lipinski definition) is 4. The quantitative estimate of drug-likeness (QED) is 0.636. The standard InChI is InChI=1S/C17H24BNO3/c1-16(2)17(3,4)22-18(21-16)13-10-15(12-19-11-13)20-14-8-6-5-7-9-14/h6,8,10-12,14H,5,7,9H2,1-4H3. The van der Waals surface area contributed by atoms with Crippen molar-refractivity contribution in [3.8, 4) is 5.75 Å². The highest BCUT2D eigenvalue weighted by Crippen LogP contribution is 2.36. The van der Waals surface area contributed by atoms with Gasteiger partial charge < -0.3 is 14.0 Å². The van der Waals surface area contributed by atoms with Crippen molar-refractivity contribution in [3.05, 3.63) is 30.6 Å². The Balaban J connectivity index is 1.74. The van der Waals surface area contributed by atoms with E-state index < -0.39 is 7.12 Å². The van der Waals surface area contributed by atoms with Gasteiger partial charge in [0.25, 0.3) is 0 Å². The van der Waals surface area contributed by atoms with Gasteiger partial charge in [0.05, 0.1) is 17.4 Å². The maximum absolute atomic E-state index is 6.06. The number of pyridine rings is 1.